The fourth-order valence-electron chi connectivity index (χ4n) is 2.19. The van der Waals surface area contributed by atoms with Crippen LogP contribution in [0.4, 0.5) is 0 Å². The maximum absolute atomic E-state index is 11.4. The topological polar surface area (TPSA) is 72.5 Å². The van der Waals surface area contributed by atoms with Crippen molar-refractivity contribution in [2.75, 3.05) is 0 Å². The zero-order valence-electron chi connectivity index (χ0n) is 6.61. The first-order chi connectivity index (χ1) is 6.09. The van der Waals surface area contributed by atoms with Crippen LogP contribution in [0.25, 0.3) is 0 Å². The number of fused-ring (bicyclic) bond motifs is 4. The van der Waals surface area contributed by atoms with Crippen LogP contribution >= 0.6 is 0 Å². The molecule has 0 saturated carbocycles. The van der Waals surface area contributed by atoms with E-state index in [9.17, 15) is 13.2 Å². The number of ether oxygens (including phenoxy) is 1. The van der Waals surface area contributed by atoms with Crippen LogP contribution in [0.1, 0.15) is 12.8 Å². The van der Waals surface area contributed by atoms with Crippen LogP contribution in [0, 0.1) is 5.92 Å². The highest BCUT2D eigenvalue weighted by Crippen LogP contribution is 2.47. The van der Waals surface area contributed by atoms with Crippen LogP contribution < -0.4 is 4.72 Å². The molecule has 6 heteroatoms. The fourth-order valence-corrected chi connectivity index (χ4v) is 3.73. The molecule has 0 unspecified atom stereocenters. The molecule has 2 atom stereocenters. The predicted molar refractivity (Wildman–Crippen MR) is 41.7 cm³/mol. The lowest BCUT2D eigenvalue weighted by Gasteiger charge is -2.08. The van der Waals surface area contributed by atoms with Gasteiger partial charge in [0.05, 0.1) is 0 Å². The van der Waals surface area contributed by atoms with E-state index >= 15 is 0 Å². The van der Waals surface area contributed by atoms with Crippen molar-refractivity contribution in [2.45, 2.75) is 18.9 Å². The fraction of sp³-hybridized carbons (Fsp3) is 0.571. The molecular formula is C7H7NO4S. The SMILES string of the molecule is O=C1NS(=O)(=O)C2=C3CC[C@H](O3)[C@H]12. The largest absolute Gasteiger partial charge is 0.492 e. The molecule has 13 heavy (non-hydrogen) atoms. The minimum Gasteiger partial charge on any atom is -0.492 e. The Kier molecular flexibility index (Phi) is 1.07. The minimum atomic E-state index is -3.55. The Morgan fingerprint density at radius 3 is 2.92 bits per heavy atom. The molecular weight excluding hydrogens is 194 g/mol. The highest BCUT2D eigenvalue weighted by Gasteiger charge is 2.55. The van der Waals surface area contributed by atoms with E-state index in [1.807, 2.05) is 4.72 Å². The summed E-state index contributed by atoms with van der Waals surface area (Å²) in [6.45, 7) is 0. The molecule has 2 fully saturated rings. The van der Waals surface area contributed by atoms with Crippen molar-refractivity contribution in [3.05, 3.63) is 10.7 Å². The zero-order chi connectivity index (χ0) is 9.22. The van der Waals surface area contributed by atoms with Crippen molar-refractivity contribution < 1.29 is 17.9 Å². The summed E-state index contributed by atoms with van der Waals surface area (Å²) in [6.07, 6.45) is 1.17. The molecule has 2 saturated heterocycles. The van der Waals surface area contributed by atoms with Gasteiger partial charge in [-0.1, -0.05) is 0 Å². The van der Waals surface area contributed by atoms with Crippen LogP contribution in [0.3, 0.4) is 0 Å². The smallest absolute Gasteiger partial charge is 0.264 e. The molecule has 1 amide bonds. The van der Waals surface area contributed by atoms with E-state index < -0.39 is 21.8 Å². The monoisotopic (exact) mass is 201 g/mol. The molecule has 70 valence electrons. The lowest BCUT2D eigenvalue weighted by atomic mass is 9.95. The number of carbonyl (C=O) groups is 1. The molecule has 3 heterocycles. The quantitative estimate of drug-likeness (QED) is 0.571. The molecule has 0 aliphatic carbocycles. The van der Waals surface area contributed by atoms with E-state index in [0.29, 0.717) is 12.2 Å². The molecule has 3 aliphatic rings. The van der Waals surface area contributed by atoms with Crippen LogP contribution in [-0.4, -0.2) is 20.4 Å². The van der Waals surface area contributed by atoms with E-state index in [-0.39, 0.29) is 11.0 Å². The van der Waals surface area contributed by atoms with Crippen LogP contribution in [-0.2, 0) is 19.6 Å². The number of allylic oxidation sites excluding steroid dienone is 1. The van der Waals surface area contributed by atoms with Crippen molar-refractivity contribution in [2.24, 2.45) is 5.92 Å². The van der Waals surface area contributed by atoms with Gasteiger partial charge in [-0.3, -0.25) is 4.79 Å². The van der Waals surface area contributed by atoms with Crippen molar-refractivity contribution in [3.63, 3.8) is 0 Å². The summed E-state index contributed by atoms with van der Waals surface area (Å²) < 4.78 is 30.0. The first kappa shape index (κ1) is 7.37. The van der Waals surface area contributed by atoms with Gasteiger partial charge >= 0.3 is 0 Å². The zero-order valence-corrected chi connectivity index (χ0v) is 7.43. The highest BCUT2D eigenvalue weighted by atomic mass is 32.2. The summed E-state index contributed by atoms with van der Waals surface area (Å²) in [5, 5.41) is 0. The maximum Gasteiger partial charge on any atom is 0.264 e. The van der Waals surface area contributed by atoms with Gasteiger partial charge in [-0.25, -0.2) is 13.1 Å². The minimum absolute atomic E-state index is 0.189. The van der Waals surface area contributed by atoms with E-state index in [2.05, 4.69) is 0 Å². The number of nitrogens with one attached hydrogen (secondary N) is 1. The second kappa shape index (κ2) is 1.89. The molecule has 2 bridgehead atoms. The van der Waals surface area contributed by atoms with Gasteiger partial charge in [0.2, 0.25) is 5.91 Å². The van der Waals surface area contributed by atoms with Gasteiger partial charge in [0.15, 0.2) is 0 Å². The summed E-state index contributed by atoms with van der Waals surface area (Å²) in [6, 6.07) is 0. The van der Waals surface area contributed by atoms with Gasteiger partial charge in [0.1, 0.15) is 22.7 Å². The van der Waals surface area contributed by atoms with Gasteiger partial charge in [-0.05, 0) is 6.42 Å². The second-order valence-corrected chi connectivity index (χ2v) is 5.08. The second-order valence-electron chi connectivity index (χ2n) is 3.43. The molecule has 3 aliphatic heterocycles. The van der Waals surface area contributed by atoms with E-state index in [1.54, 1.807) is 0 Å². The normalized spacial score (nSPS) is 38.9. The Labute approximate surface area is 74.8 Å². The third-order valence-corrected chi connectivity index (χ3v) is 4.22. The summed E-state index contributed by atoms with van der Waals surface area (Å²) in [5.41, 5.74) is 0. The van der Waals surface area contributed by atoms with Crippen LogP contribution in [0.2, 0.25) is 0 Å². The number of amides is 1. The molecule has 1 N–H and O–H groups in total. The van der Waals surface area contributed by atoms with E-state index in [4.69, 9.17) is 4.74 Å². The van der Waals surface area contributed by atoms with Crippen LogP contribution in [0.15, 0.2) is 10.7 Å². The molecule has 0 radical (unpaired) electrons. The van der Waals surface area contributed by atoms with E-state index in [1.165, 1.54) is 0 Å². The Morgan fingerprint density at radius 2 is 2.23 bits per heavy atom. The Morgan fingerprint density at radius 1 is 1.46 bits per heavy atom. The Hall–Kier alpha value is -1.04. The van der Waals surface area contributed by atoms with E-state index in [0.717, 1.165) is 6.42 Å². The number of sulfonamides is 1. The average molecular weight is 201 g/mol. The number of hydrogen-bond donors (Lipinski definition) is 1. The van der Waals surface area contributed by atoms with Crippen LogP contribution in [0.5, 0.6) is 0 Å². The summed E-state index contributed by atoms with van der Waals surface area (Å²) >= 11 is 0. The van der Waals surface area contributed by atoms with Crippen molar-refractivity contribution in [1.29, 1.82) is 0 Å². The third kappa shape index (κ3) is 0.720. The maximum atomic E-state index is 11.4. The van der Waals surface area contributed by atoms with Gasteiger partial charge in [0.25, 0.3) is 10.0 Å². The first-order valence-corrected chi connectivity index (χ1v) is 5.54. The van der Waals surface area contributed by atoms with Gasteiger partial charge in [-0.2, -0.15) is 0 Å². The van der Waals surface area contributed by atoms with Crippen molar-refractivity contribution in [3.8, 4) is 0 Å². The molecule has 0 aromatic carbocycles. The molecule has 0 aromatic rings. The van der Waals surface area contributed by atoms with Crippen molar-refractivity contribution >= 4 is 15.9 Å². The molecule has 3 rings (SSSR count). The predicted octanol–water partition coefficient (Wildman–Crippen LogP) is -0.534. The summed E-state index contributed by atoms with van der Waals surface area (Å²) in [4.78, 5) is 11.4. The lowest BCUT2D eigenvalue weighted by molar-refractivity contribution is -0.123. The summed E-state index contributed by atoms with van der Waals surface area (Å²) in [5.74, 6) is -0.503. The molecule has 5 nitrogen and oxygen atoms in total. The average Bonchev–Trinajstić information content (AvgIpc) is 2.63. The standard InChI is InChI=1S/C7H7NO4S/c9-7-5-3-1-2-4(12-3)6(5)13(10,11)8-7/h3,5H,1-2H2,(H,8,9)/t3-,5-/m0/s1. The highest BCUT2D eigenvalue weighted by molar-refractivity contribution is 7.94. The Bertz CT molecular complexity index is 435. The molecule has 0 spiro atoms. The van der Waals surface area contributed by atoms with Crippen molar-refractivity contribution in [1.82, 2.24) is 4.72 Å². The number of carbonyl (C=O) groups excluding carboxylic acids is 1. The Balaban J connectivity index is 2.28. The summed E-state index contributed by atoms with van der Waals surface area (Å²) in [7, 11) is -3.55. The first-order valence-electron chi connectivity index (χ1n) is 4.06. The van der Waals surface area contributed by atoms with Gasteiger partial charge in [0, 0.05) is 6.42 Å². The number of hydrogen-bond acceptors (Lipinski definition) is 4. The lowest BCUT2D eigenvalue weighted by Crippen LogP contribution is -2.27. The van der Waals surface area contributed by atoms with Gasteiger partial charge < -0.3 is 4.74 Å². The van der Waals surface area contributed by atoms with Gasteiger partial charge in [-0.15, -0.1) is 0 Å². The molecule has 0 aromatic heterocycles. The third-order valence-electron chi connectivity index (χ3n) is 2.69. The number of rotatable bonds is 0.